The van der Waals surface area contributed by atoms with Crippen LogP contribution in [0.3, 0.4) is 0 Å². The molecular formula is C15H28O. The summed E-state index contributed by atoms with van der Waals surface area (Å²) < 4.78 is 5.60. The van der Waals surface area contributed by atoms with Crippen molar-refractivity contribution >= 4 is 0 Å². The average molecular weight is 224 g/mol. The van der Waals surface area contributed by atoms with Crippen LogP contribution in [0.1, 0.15) is 70.6 Å². The standard InChI is InChI=1S/C15H28O/c1-2-4-6-8-10-12-14-16-15-13-11-9-7-5-3-1/h6,8H,1-5,7,9-15H2/b8-6-. The zero-order valence-electron chi connectivity index (χ0n) is 10.8. The van der Waals surface area contributed by atoms with Crippen molar-refractivity contribution in [2.75, 3.05) is 13.2 Å². The minimum Gasteiger partial charge on any atom is -0.381 e. The fraction of sp³-hybridized carbons (Fsp3) is 0.867. The first kappa shape index (κ1) is 13.8. The van der Waals surface area contributed by atoms with Crippen molar-refractivity contribution in [2.24, 2.45) is 0 Å². The molecule has 0 N–H and O–H groups in total. The lowest BCUT2D eigenvalue weighted by Crippen LogP contribution is -1.96. The Morgan fingerprint density at radius 3 is 1.75 bits per heavy atom. The summed E-state index contributed by atoms with van der Waals surface area (Å²) in [7, 11) is 0. The molecule has 1 heteroatoms. The molecule has 0 spiro atoms. The van der Waals surface area contributed by atoms with Crippen LogP contribution in [0.5, 0.6) is 0 Å². The van der Waals surface area contributed by atoms with E-state index >= 15 is 0 Å². The highest BCUT2D eigenvalue weighted by Gasteiger charge is 1.94. The van der Waals surface area contributed by atoms with E-state index in [1.807, 2.05) is 0 Å². The van der Waals surface area contributed by atoms with Gasteiger partial charge in [0.05, 0.1) is 0 Å². The highest BCUT2D eigenvalue weighted by atomic mass is 16.5. The second-order valence-corrected chi connectivity index (χ2v) is 4.84. The maximum atomic E-state index is 5.60. The van der Waals surface area contributed by atoms with Gasteiger partial charge in [0.25, 0.3) is 0 Å². The highest BCUT2D eigenvalue weighted by Crippen LogP contribution is 2.10. The lowest BCUT2D eigenvalue weighted by molar-refractivity contribution is 0.128. The summed E-state index contributed by atoms with van der Waals surface area (Å²) in [6, 6.07) is 0. The molecule has 0 bridgehead atoms. The van der Waals surface area contributed by atoms with E-state index in [0.717, 1.165) is 13.2 Å². The topological polar surface area (TPSA) is 9.23 Å². The Balaban J connectivity index is 2.07. The Labute approximate surface area is 101 Å². The van der Waals surface area contributed by atoms with Gasteiger partial charge in [0, 0.05) is 13.2 Å². The predicted molar refractivity (Wildman–Crippen MR) is 70.7 cm³/mol. The molecule has 1 heterocycles. The maximum Gasteiger partial charge on any atom is 0.0468 e. The third kappa shape index (κ3) is 8.96. The van der Waals surface area contributed by atoms with Crippen molar-refractivity contribution in [1.82, 2.24) is 0 Å². The molecule has 0 aromatic rings. The molecule has 0 saturated heterocycles. The fourth-order valence-corrected chi connectivity index (χ4v) is 2.17. The molecule has 16 heavy (non-hydrogen) atoms. The second-order valence-electron chi connectivity index (χ2n) is 4.84. The van der Waals surface area contributed by atoms with Gasteiger partial charge in [0.1, 0.15) is 0 Å². The van der Waals surface area contributed by atoms with Crippen LogP contribution < -0.4 is 0 Å². The van der Waals surface area contributed by atoms with Crippen LogP contribution in [-0.4, -0.2) is 13.2 Å². The first-order valence-corrected chi connectivity index (χ1v) is 7.23. The van der Waals surface area contributed by atoms with Crippen LogP contribution in [0.25, 0.3) is 0 Å². The van der Waals surface area contributed by atoms with Crippen LogP contribution in [0.2, 0.25) is 0 Å². The number of hydrogen-bond donors (Lipinski definition) is 0. The molecule has 94 valence electrons. The van der Waals surface area contributed by atoms with Crippen LogP contribution in [-0.2, 0) is 4.74 Å². The Bertz CT molecular complexity index is 145. The van der Waals surface area contributed by atoms with E-state index in [2.05, 4.69) is 12.2 Å². The lowest BCUT2D eigenvalue weighted by atomic mass is 10.1. The van der Waals surface area contributed by atoms with Crippen molar-refractivity contribution in [3.63, 3.8) is 0 Å². The predicted octanol–water partition coefficient (Wildman–Crippen LogP) is 4.86. The summed E-state index contributed by atoms with van der Waals surface area (Å²) in [5, 5.41) is 0. The zero-order chi connectivity index (χ0) is 11.3. The van der Waals surface area contributed by atoms with Crippen LogP contribution in [0.4, 0.5) is 0 Å². The molecule has 0 saturated carbocycles. The number of hydrogen-bond acceptors (Lipinski definition) is 1. The molecule has 0 radical (unpaired) electrons. The van der Waals surface area contributed by atoms with Crippen LogP contribution in [0, 0.1) is 0 Å². The van der Waals surface area contributed by atoms with Gasteiger partial charge in [0.15, 0.2) is 0 Å². The first-order chi connectivity index (χ1) is 8.00. The SMILES string of the molecule is C1=C\CCCOCCCCCCCCCC/1. The van der Waals surface area contributed by atoms with Crippen molar-refractivity contribution < 1.29 is 4.74 Å². The Morgan fingerprint density at radius 1 is 0.500 bits per heavy atom. The number of rotatable bonds is 0. The monoisotopic (exact) mass is 224 g/mol. The summed E-state index contributed by atoms with van der Waals surface area (Å²) in [5.41, 5.74) is 0. The van der Waals surface area contributed by atoms with Gasteiger partial charge >= 0.3 is 0 Å². The molecule has 1 aliphatic rings. The summed E-state index contributed by atoms with van der Waals surface area (Å²) >= 11 is 0. The minimum absolute atomic E-state index is 0.949. The van der Waals surface area contributed by atoms with Gasteiger partial charge in [0.2, 0.25) is 0 Å². The summed E-state index contributed by atoms with van der Waals surface area (Å²) in [5.74, 6) is 0. The van der Waals surface area contributed by atoms with E-state index in [0.29, 0.717) is 0 Å². The van der Waals surface area contributed by atoms with E-state index in [9.17, 15) is 0 Å². The molecular weight excluding hydrogens is 196 g/mol. The fourth-order valence-electron chi connectivity index (χ4n) is 2.17. The number of ether oxygens (including phenoxy) is 1. The third-order valence-corrected chi connectivity index (χ3v) is 3.24. The normalized spacial score (nSPS) is 25.0. The zero-order valence-corrected chi connectivity index (χ0v) is 10.8. The van der Waals surface area contributed by atoms with E-state index in [1.54, 1.807) is 0 Å². The van der Waals surface area contributed by atoms with Crippen molar-refractivity contribution in [3.8, 4) is 0 Å². The lowest BCUT2D eigenvalue weighted by Gasteiger charge is -2.04. The van der Waals surface area contributed by atoms with Crippen molar-refractivity contribution in [1.29, 1.82) is 0 Å². The summed E-state index contributed by atoms with van der Waals surface area (Å²) in [6.07, 6.45) is 19.5. The Hall–Kier alpha value is -0.300. The van der Waals surface area contributed by atoms with Crippen LogP contribution >= 0.6 is 0 Å². The third-order valence-electron chi connectivity index (χ3n) is 3.24. The molecule has 0 aromatic carbocycles. The molecule has 0 aliphatic carbocycles. The second kappa shape index (κ2) is 11.2. The van der Waals surface area contributed by atoms with Crippen LogP contribution in [0.15, 0.2) is 12.2 Å². The van der Waals surface area contributed by atoms with Gasteiger partial charge in [-0.2, -0.15) is 0 Å². The van der Waals surface area contributed by atoms with Gasteiger partial charge in [-0.1, -0.05) is 50.7 Å². The minimum atomic E-state index is 0.949. The molecule has 0 amide bonds. The van der Waals surface area contributed by atoms with Gasteiger partial charge in [-0.05, 0) is 32.1 Å². The molecule has 1 nitrogen and oxygen atoms in total. The van der Waals surface area contributed by atoms with E-state index in [1.165, 1.54) is 70.6 Å². The first-order valence-electron chi connectivity index (χ1n) is 7.23. The largest absolute Gasteiger partial charge is 0.381 e. The van der Waals surface area contributed by atoms with Crippen molar-refractivity contribution in [2.45, 2.75) is 70.6 Å². The van der Waals surface area contributed by atoms with Gasteiger partial charge in [-0.3, -0.25) is 0 Å². The van der Waals surface area contributed by atoms with E-state index < -0.39 is 0 Å². The van der Waals surface area contributed by atoms with Gasteiger partial charge in [-0.25, -0.2) is 0 Å². The van der Waals surface area contributed by atoms with Gasteiger partial charge < -0.3 is 4.74 Å². The quantitative estimate of drug-likeness (QED) is 0.534. The highest BCUT2D eigenvalue weighted by molar-refractivity contribution is 4.81. The maximum absolute atomic E-state index is 5.60. The molecule has 0 atom stereocenters. The van der Waals surface area contributed by atoms with E-state index in [4.69, 9.17) is 4.74 Å². The average Bonchev–Trinajstić information content (AvgIpc) is 2.29. The molecule has 0 unspecified atom stereocenters. The molecule has 0 fully saturated rings. The molecule has 1 aliphatic heterocycles. The van der Waals surface area contributed by atoms with Crippen molar-refractivity contribution in [3.05, 3.63) is 12.2 Å². The van der Waals surface area contributed by atoms with Gasteiger partial charge in [-0.15, -0.1) is 0 Å². The molecule has 1 rings (SSSR count). The summed E-state index contributed by atoms with van der Waals surface area (Å²) in [4.78, 5) is 0. The number of allylic oxidation sites excluding steroid dienone is 2. The summed E-state index contributed by atoms with van der Waals surface area (Å²) in [6.45, 7) is 1.92. The smallest absolute Gasteiger partial charge is 0.0468 e. The Kier molecular flexibility index (Phi) is 9.63. The van der Waals surface area contributed by atoms with E-state index in [-0.39, 0.29) is 0 Å². The Morgan fingerprint density at radius 2 is 1.00 bits per heavy atom. The molecule has 0 aromatic heterocycles.